The van der Waals surface area contributed by atoms with Crippen molar-refractivity contribution in [1.29, 1.82) is 0 Å². The smallest absolute Gasteiger partial charge is 0.243 e. The number of thiophene rings is 1. The van der Waals surface area contributed by atoms with Crippen LogP contribution in [0.2, 0.25) is 0 Å². The molecule has 0 fully saturated rings. The molecule has 2 atom stereocenters. The Morgan fingerprint density at radius 1 is 1.20 bits per heavy atom. The average molecular weight is 427 g/mol. The summed E-state index contributed by atoms with van der Waals surface area (Å²) < 4.78 is 0. The van der Waals surface area contributed by atoms with Gasteiger partial charge in [-0.3, -0.25) is 9.59 Å². The van der Waals surface area contributed by atoms with Gasteiger partial charge < -0.3 is 9.80 Å². The summed E-state index contributed by atoms with van der Waals surface area (Å²) in [5.74, 6) is 0.0562. The molecule has 2 heterocycles. The first-order valence-electron chi connectivity index (χ1n) is 10.9. The molecule has 3 rings (SSSR count). The molecule has 2 amide bonds. The predicted molar refractivity (Wildman–Crippen MR) is 124 cm³/mol. The molecule has 162 valence electrons. The van der Waals surface area contributed by atoms with Crippen LogP contribution in [0.15, 0.2) is 35.7 Å². The van der Waals surface area contributed by atoms with E-state index in [0.717, 1.165) is 18.4 Å². The van der Waals surface area contributed by atoms with E-state index in [0.29, 0.717) is 6.54 Å². The van der Waals surface area contributed by atoms with Gasteiger partial charge in [-0.15, -0.1) is 11.3 Å². The fourth-order valence-electron chi connectivity index (χ4n) is 4.01. The van der Waals surface area contributed by atoms with E-state index in [9.17, 15) is 9.59 Å². The van der Waals surface area contributed by atoms with E-state index < -0.39 is 5.41 Å². The Morgan fingerprint density at radius 2 is 1.87 bits per heavy atom. The first kappa shape index (κ1) is 22.5. The number of fused-ring (bicyclic) bond motifs is 1. The van der Waals surface area contributed by atoms with E-state index in [1.54, 1.807) is 16.2 Å². The van der Waals surface area contributed by atoms with Crippen LogP contribution in [0.5, 0.6) is 0 Å². The largest absolute Gasteiger partial charge is 0.330 e. The summed E-state index contributed by atoms with van der Waals surface area (Å²) in [6.07, 6.45) is 1.70. The van der Waals surface area contributed by atoms with Crippen LogP contribution in [0.3, 0.4) is 0 Å². The minimum atomic E-state index is -0.511. The fraction of sp³-hybridized carbons (Fsp3) is 0.520. The molecule has 0 bridgehead atoms. The van der Waals surface area contributed by atoms with Gasteiger partial charge in [-0.05, 0) is 49.3 Å². The maximum Gasteiger partial charge on any atom is 0.243 e. The second-order valence-corrected chi connectivity index (χ2v) is 10.4. The number of benzene rings is 1. The standard InChI is InChI=1S/C25H34N2O2S/c1-7-18(3)27(24(29)25(4,5)6)16-22(28)26-14-12-21-20(13-15-30-21)23(26)19-10-8-17(2)9-11-19/h8-11,13,15,18,23H,7,12,14,16H2,1-6H3. The molecule has 0 saturated carbocycles. The summed E-state index contributed by atoms with van der Waals surface area (Å²) in [7, 11) is 0. The molecule has 1 aromatic heterocycles. The van der Waals surface area contributed by atoms with Crippen LogP contribution in [0, 0.1) is 12.3 Å². The lowest BCUT2D eigenvalue weighted by atomic mass is 9.92. The first-order valence-corrected chi connectivity index (χ1v) is 11.7. The second kappa shape index (κ2) is 8.93. The minimum absolute atomic E-state index is 0.0234. The molecule has 1 aromatic carbocycles. The molecule has 0 spiro atoms. The molecule has 0 aliphatic carbocycles. The molecule has 30 heavy (non-hydrogen) atoms. The van der Waals surface area contributed by atoms with Crippen molar-refractivity contribution in [2.24, 2.45) is 5.41 Å². The quantitative estimate of drug-likeness (QED) is 0.659. The third-order valence-electron chi connectivity index (χ3n) is 6.01. The van der Waals surface area contributed by atoms with Crippen LogP contribution in [0.25, 0.3) is 0 Å². The van der Waals surface area contributed by atoms with Gasteiger partial charge in [0.1, 0.15) is 6.54 Å². The Kier molecular flexibility index (Phi) is 6.71. The number of carbonyl (C=O) groups excluding carboxylic acids is 2. The van der Waals surface area contributed by atoms with Crippen LogP contribution >= 0.6 is 11.3 Å². The Bertz CT molecular complexity index is 895. The van der Waals surface area contributed by atoms with Gasteiger partial charge in [0.25, 0.3) is 0 Å². The lowest BCUT2D eigenvalue weighted by Crippen LogP contribution is -2.51. The lowest BCUT2D eigenvalue weighted by Gasteiger charge is -2.39. The highest BCUT2D eigenvalue weighted by Gasteiger charge is 2.36. The third kappa shape index (κ3) is 4.61. The topological polar surface area (TPSA) is 40.6 Å². The number of carbonyl (C=O) groups is 2. The molecular weight excluding hydrogens is 392 g/mol. The Balaban J connectivity index is 1.92. The van der Waals surface area contributed by atoms with Gasteiger partial charge in [0, 0.05) is 22.9 Å². The van der Waals surface area contributed by atoms with Gasteiger partial charge in [0.05, 0.1) is 6.04 Å². The molecule has 5 heteroatoms. The first-order chi connectivity index (χ1) is 14.1. The average Bonchev–Trinajstić information content (AvgIpc) is 3.19. The summed E-state index contributed by atoms with van der Waals surface area (Å²) >= 11 is 1.77. The molecule has 2 unspecified atom stereocenters. The van der Waals surface area contributed by atoms with Crippen molar-refractivity contribution in [3.05, 3.63) is 57.3 Å². The number of hydrogen-bond acceptors (Lipinski definition) is 3. The van der Waals surface area contributed by atoms with Crippen LogP contribution in [-0.2, 0) is 16.0 Å². The normalized spacial score (nSPS) is 17.4. The molecule has 1 aliphatic heterocycles. The van der Waals surface area contributed by atoms with Gasteiger partial charge in [0.15, 0.2) is 0 Å². The lowest BCUT2D eigenvalue weighted by molar-refractivity contribution is -0.148. The maximum absolute atomic E-state index is 13.6. The number of rotatable bonds is 5. The van der Waals surface area contributed by atoms with Crippen molar-refractivity contribution >= 4 is 23.2 Å². The van der Waals surface area contributed by atoms with Crippen molar-refractivity contribution in [3.63, 3.8) is 0 Å². The highest BCUT2D eigenvalue weighted by Crippen LogP contribution is 2.38. The van der Waals surface area contributed by atoms with Gasteiger partial charge >= 0.3 is 0 Å². The summed E-state index contributed by atoms with van der Waals surface area (Å²) in [5, 5.41) is 2.12. The van der Waals surface area contributed by atoms with E-state index in [1.165, 1.54) is 16.0 Å². The second-order valence-electron chi connectivity index (χ2n) is 9.39. The number of aryl methyl sites for hydroxylation is 1. The predicted octanol–water partition coefficient (Wildman–Crippen LogP) is 5.20. The zero-order valence-electron chi connectivity index (χ0n) is 19.1. The van der Waals surface area contributed by atoms with Crippen LogP contribution < -0.4 is 0 Å². The monoisotopic (exact) mass is 426 g/mol. The van der Waals surface area contributed by atoms with Crippen molar-refractivity contribution in [2.75, 3.05) is 13.1 Å². The van der Waals surface area contributed by atoms with E-state index in [4.69, 9.17) is 0 Å². The Labute approximate surface area is 184 Å². The van der Waals surface area contributed by atoms with Gasteiger partial charge in [0.2, 0.25) is 11.8 Å². The molecular formula is C25H34N2O2S. The van der Waals surface area contributed by atoms with Gasteiger partial charge in [-0.1, -0.05) is 57.5 Å². The highest BCUT2D eigenvalue weighted by atomic mass is 32.1. The maximum atomic E-state index is 13.6. The fourth-order valence-corrected chi connectivity index (χ4v) is 4.91. The van der Waals surface area contributed by atoms with E-state index >= 15 is 0 Å². The number of hydrogen-bond donors (Lipinski definition) is 0. The van der Waals surface area contributed by atoms with Crippen molar-refractivity contribution in [2.45, 2.75) is 66.5 Å². The van der Waals surface area contributed by atoms with Crippen LogP contribution in [0.1, 0.15) is 68.6 Å². The van der Waals surface area contributed by atoms with E-state index in [2.05, 4.69) is 49.6 Å². The third-order valence-corrected chi connectivity index (χ3v) is 7.01. The Hall–Kier alpha value is -2.14. The van der Waals surface area contributed by atoms with Gasteiger partial charge in [-0.2, -0.15) is 0 Å². The SMILES string of the molecule is CCC(C)N(CC(=O)N1CCc2sccc2C1c1ccc(C)cc1)C(=O)C(C)(C)C. The Morgan fingerprint density at radius 3 is 2.47 bits per heavy atom. The van der Waals surface area contributed by atoms with Gasteiger partial charge in [-0.25, -0.2) is 0 Å². The zero-order chi connectivity index (χ0) is 22.1. The van der Waals surface area contributed by atoms with Crippen LogP contribution in [-0.4, -0.2) is 40.7 Å². The number of amides is 2. The molecule has 0 N–H and O–H groups in total. The highest BCUT2D eigenvalue weighted by molar-refractivity contribution is 7.10. The van der Waals surface area contributed by atoms with Crippen LogP contribution in [0.4, 0.5) is 0 Å². The van der Waals surface area contributed by atoms with E-state index in [-0.39, 0.29) is 30.4 Å². The summed E-state index contributed by atoms with van der Waals surface area (Å²) in [6, 6.07) is 10.5. The van der Waals surface area contributed by atoms with Crippen molar-refractivity contribution in [1.82, 2.24) is 9.80 Å². The molecule has 2 aromatic rings. The molecule has 1 aliphatic rings. The summed E-state index contributed by atoms with van der Waals surface area (Å²) in [5.41, 5.74) is 3.05. The summed E-state index contributed by atoms with van der Waals surface area (Å²) in [4.78, 5) is 31.8. The van der Waals surface area contributed by atoms with Crippen molar-refractivity contribution in [3.8, 4) is 0 Å². The van der Waals surface area contributed by atoms with E-state index in [1.807, 2.05) is 32.6 Å². The van der Waals surface area contributed by atoms with Crippen molar-refractivity contribution < 1.29 is 9.59 Å². The molecule has 0 radical (unpaired) electrons. The molecule has 0 saturated heterocycles. The molecule has 4 nitrogen and oxygen atoms in total. The summed E-state index contributed by atoms with van der Waals surface area (Å²) in [6.45, 7) is 12.7. The zero-order valence-corrected chi connectivity index (χ0v) is 19.9. The number of nitrogens with zero attached hydrogens (tertiary/aromatic N) is 2. The minimum Gasteiger partial charge on any atom is -0.330 e.